The van der Waals surface area contributed by atoms with Crippen molar-refractivity contribution in [2.45, 2.75) is 63.6 Å². The number of anilines is 1. The number of fused-ring (bicyclic) bond motifs is 3. The molecule has 1 fully saturated rings. The number of hydrogen-bond acceptors (Lipinski definition) is 6. The minimum absolute atomic E-state index is 0.512. The molecule has 5 nitrogen and oxygen atoms in total. The Morgan fingerprint density at radius 3 is 2.89 bits per heavy atom. The Morgan fingerprint density at radius 1 is 1.18 bits per heavy atom. The third kappa shape index (κ3) is 3.51. The van der Waals surface area contributed by atoms with Crippen molar-refractivity contribution in [2.75, 3.05) is 12.4 Å². The van der Waals surface area contributed by atoms with Crippen LogP contribution in [-0.2, 0) is 19.4 Å². The molecule has 3 heterocycles. The summed E-state index contributed by atoms with van der Waals surface area (Å²) in [6.45, 7) is 0.976. The molecule has 0 radical (unpaired) electrons. The summed E-state index contributed by atoms with van der Waals surface area (Å²) in [6, 6.07) is 5.34. The van der Waals surface area contributed by atoms with Crippen molar-refractivity contribution in [3.63, 3.8) is 0 Å². The molecular formula is C22H27N5S. The maximum absolute atomic E-state index is 4.63. The molecule has 0 spiro atoms. The molecular weight excluding hydrogens is 366 g/mol. The Balaban J connectivity index is 1.23. The van der Waals surface area contributed by atoms with Crippen molar-refractivity contribution < 1.29 is 0 Å². The van der Waals surface area contributed by atoms with Crippen LogP contribution in [0.3, 0.4) is 0 Å². The van der Waals surface area contributed by atoms with E-state index in [4.69, 9.17) is 0 Å². The quantitative estimate of drug-likeness (QED) is 0.695. The zero-order valence-electron chi connectivity index (χ0n) is 16.4. The number of aromatic nitrogens is 3. The van der Waals surface area contributed by atoms with E-state index in [-0.39, 0.29) is 0 Å². The van der Waals surface area contributed by atoms with Gasteiger partial charge in [-0.1, -0.05) is 6.07 Å². The van der Waals surface area contributed by atoms with Gasteiger partial charge in [-0.15, -0.1) is 11.3 Å². The molecule has 2 aliphatic carbocycles. The minimum atomic E-state index is 0.512. The molecule has 0 aliphatic heterocycles. The molecule has 2 aliphatic rings. The van der Waals surface area contributed by atoms with E-state index in [0.29, 0.717) is 12.1 Å². The number of pyridine rings is 1. The first-order valence-corrected chi connectivity index (χ1v) is 11.2. The summed E-state index contributed by atoms with van der Waals surface area (Å²) in [6.07, 6.45) is 14.1. The molecule has 3 aromatic rings. The van der Waals surface area contributed by atoms with Crippen molar-refractivity contribution in [2.24, 2.45) is 0 Å². The average molecular weight is 394 g/mol. The smallest absolute Gasteiger partial charge is 0.138 e. The lowest BCUT2D eigenvalue weighted by atomic mass is 9.90. The van der Waals surface area contributed by atoms with Crippen molar-refractivity contribution in [3.05, 3.63) is 46.9 Å². The molecule has 0 saturated heterocycles. The van der Waals surface area contributed by atoms with Gasteiger partial charge in [-0.2, -0.15) is 0 Å². The topological polar surface area (TPSA) is 53.9 Å². The number of rotatable bonds is 5. The van der Waals surface area contributed by atoms with E-state index < -0.39 is 0 Å². The van der Waals surface area contributed by atoms with Crippen LogP contribution < -0.4 is 5.32 Å². The number of aryl methyl sites for hydroxylation is 2. The van der Waals surface area contributed by atoms with Gasteiger partial charge in [-0.3, -0.25) is 9.88 Å². The molecule has 3 aromatic heterocycles. The van der Waals surface area contributed by atoms with Crippen LogP contribution in [0.5, 0.6) is 0 Å². The molecule has 0 bridgehead atoms. The molecule has 146 valence electrons. The van der Waals surface area contributed by atoms with Crippen molar-refractivity contribution in [3.8, 4) is 0 Å². The lowest BCUT2D eigenvalue weighted by molar-refractivity contribution is 0.179. The third-order valence-electron chi connectivity index (χ3n) is 6.32. The second-order valence-electron chi connectivity index (χ2n) is 8.19. The van der Waals surface area contributed by atoms with E-state index >= 15 is 0 Å². The Hall–Kier alpha value is -2.05. The van der Waals surface area contributed by atoms with Crippen LogP contribution in [0.4, 0.5) is 5.82 Å². The molecule has 0 aromatic carbocycles. The molecule has 0 atom stereocenters. The first kappa shape index (κ1) is 18.0. The fourth-order valence-corrected chi connectivity index (χ4v) is 6.03. The van der Waals surface area contributed by atoms with Gasteiger partial charge in [-0.25, -0.2) is 9.97 Å². The summed E-state index contributed by atoms with van der Waals surface area (Å²) in [5.41, 5.74) is 2.80. The average Bonchev–Trinajstić information content (AvgIpc) is 3.31. The summed E-state index contributed by atoms with van der Waals surface area (Å²) in [4.78, 5) is 18.6. The van der Waals surface area contributed by atoms with E-state index in [0.717, 1.165) is 17.2 Å². The van der Waals surface area contributed by atoms with Gasteiger partial charge in [0, 0.05) is 35.9 Å². The number of hydrogen-bond donors (Lipinski definition) is 1. The second-order valence-corrected chi connectivity index (χ2v) is 9.27. The molecule has 1 saturated carbocycles. The standard InChI is InChI=1S/C22H27N5S/c1-27(13-15-4-3-11-23-12-15)17-9-7-16(8-10-17)26-21-20-18-5-2-6-19(18)28-22(20)25-14-24-21/h3-4,11-12,14,16-17H,2,5-10,13H2,1H3,(H,24,25,26). The number of thiophene rings is 1. The highest BCUT2D eigenvalue weighted by Gasteiger charge is 2.26. The molecule has 1 N–H and O–H groups in total. The zero-order valence-corrected chi connectivity index (χ0v) is 17.2. The number of nitrogens with zero attached hydrogens (tertiary/aromatic N) is 4. The van der Waals surface area contributed by atoms with E-state index in [1.807, 2.05) is 29.8 Å². The van der Waals surface area contributed by atoms with Crippen LogP contribution in [0.1, 0.15) is 48.1 Å². The van der Waals surface area contributed by atoms with Gasteiger partial charge in [0.15, 0.2) is 0 Å². The summed E-state index contributed by atoms with van der Waals surface area (Å²) >= 11 is 1.86. The monoisotopic (exact) mass is 393 g/mol. The van der Waals surface area contributed by atoms with Crippen LogP contribution in [0, 0.1) is 0 Å². The highest BCUT2D eigenvalue weighted by molar-refractivity contribution is 7.19. The maximum Gasteiger partial charge on any atom is 0.138 e. The molecule has 0 unspecified atom stereocenters. The normalized spacial score (nSPS) is 21.9. The van der Waals surface area contributed by atoms with Crippen molar-refractivity contribution >= 4 is 27.4 Å². The van der Waals surface area contributed by atoms with Gasteiger partial charge in [0.1, 0.15) is 17.0 Å². The van der Waals surface area contributed by atoms with Crippen LogP contribution in [0.25, 0.3) is 10.2 Å². The predicted molar refractivity (Wildman–Crippen MR) is 115 cm³/mol. The third-order valence-corrected chi connectivity index (χ3v) is 7.52. The van der Waals surface area contributed by atoms with Gasteiger partial charge >= 0.3 is 0 Å². The van der Waals surface area contributed by atoms with E-state index in [1.165, 1.54) is 66.3 Å². The summed E-state index contributed by atoms with van der Waals surface area (Å²) in [7, 11) is 2.24. The second kappa shape index (κ2) is 7.76. The van der Waals surface area contributed by atoms with Gasteiger partial charge in [0.05, 0.1) is 5.39 Å². The first-order chi connectivity index (χ1) is 13.8. The van der Waals surface area contributed by atoms with Crippen molar-refractivity contribution in [1.29, 1.82) is 0 Å². The SMILES string of the molecule is CN(Cc1cccnc1)C1CCC(Nc2ncnc3sc4c(c23)CCC4)CC1. The predicted octanol–water partition coefficient (Wildman–Crippen LogP) is 4.43. The van der Waals surface area contributed by atoms with E-state index in [9.17, 15) is 0 Å². The lowest BCUT2D eigenvalue weighted by Crippen LogP contribution is -2.38. The molecule has 0 amide bonds. The van der Waals surface area contributed by atoms with Gasteiger partial charge < -0.3 is 5.32 Å². The van der Waals surface area contributed by atoms with Crippen LogP contribution in [0.15, 0.2) is 30.9 Å². The van der Waals surface area contributed by atoms with Gasteiger partial charge in [-0.05, 0) is 69.2 Å². The first-order valence-electron chi connectivity index (χ1n) is 10.4. The minimum Gasteiger partial charge on any atom is -0.367 e. The summed E-state index contributed by atoms with van der Waals surface area (Å²) < 4.78 is 0. The Morgan fingerprint density at radius 2 is 2.07 bits per heavy atom. The van der Waals surface area contributed by atoms with Gasteiger partial charge in [0.25, 0.3) is 0 Å². The molecule has 28 heavy (non-hydrogen) atoms. The highest BCUT2D eigenvalue weighted by atomic mass is 32.1. The van der Waals surface area contributed by atoms with Crippen LogP contribution >= 0.6 is 11.3 Å². The molecule has 5 rings (SSSR count). The maximum atomic E-state index is 4.63. The Kier molecular flexibility index (Phi) is 4.99. The zero-order chi connectivity index (χ0) is 18.9. The largest absolute Gasteiger partial charge is 0.367 e. The highest BCUT2D eigenvalue weighted by Crippen LogP contribution is 2.39. The van der Waals surface area contributed by atoms with Gasteiger partial charge in [0.2, 0.25) is 0 Å². The summed E-state index contributed by atoms with van der Waals surface area (Å²) in [5, 5.41) is 5.08. The molecule has 6 heteroatoms. The number of nitrogens with one attached hydrogen (secondary N) is 1. The van der Waals surface area contributed by atoms with Crippen LogP contribution in [0.2, 0.25) is 0 Å². The van der Waals surface area contributed by atoms with Crippen LogP contribution in [-0.4, -0.2) is 39.0 Å². The fraction of sp³-hybridized carbons (Fsp3) is 0.500. The van der Waals surface area contributed by atoms with E-state index in [2.05, 4.69) is 38.3 Å². The fourth-order valence-electron chi connectivity index (χ4n) is 4.80. The Bertz CT molecular complexity index is 946. The van der Waals surface area contributed by atoms with Crippen molar-refractivity contribution in [1.82, 2.24) is 19.9 Å². The lowest BCUT2D eigenvalue weighted by Gasteiger charge is -2.35. The van der Waals surface area contributed by atoms with E-state index in [1.54, 1.807) is 6.33 Å². The summed E-state index contributed by atoms with van der Waals surface area (Å²) in [5.74, 6) is 1.07. The Labute approximate surface area is 170 Å².